The van der Waals surface area contributed by atoms with Crippen molar-refractivity contribution in [1.82, 2.24) is 14.7 Å². The lowest BCUT2D eigenvalue weighted by Crippen LogP contribution is -2.54. The molecule has 1 aliphatic heterocycles. The monoisotopic (exact) mass is 284 g/mol. The third-order valence-electron chi connectivity index (χ3n) is 3.56. The third kappa shape index (κ3) is 4.76. The summed E-state index contributed by atoms with van der Waals surface area (Å²) >= 11 is 0. The molecule has 2 N–H and O–H groups in total. The Morgan fingerprint density at radius 2 is 1.60 bits per heavy atom. The molecule has 1 saturated heterocycles. The van der Waals surface area contributed by atoms with Crippen molar-refractivity contribution in [2.75, 3.05) is 52.4 Å². The van der Waals surface area contributed by atoms with Crippen molar-refractivity contribution in [3.05, 3.63) is 0 Å². The third-order valence-corrected chi connectivity index (χ3v) is 3.56. The Balaban J connectivity index is 2.50. The van der Waals surface area contributed by atoms with Gasteiger partial charge in [0.1, 0.15) is 0 Å². The highest BCUT2D eigenvalue weighted by atomic mass is 16.2. The summed E-state index contributed by atoms with van der Waals surface area (Å²) in [5.74, 6) is -0.694. The topological polar surface area (TPSA) is 69.9 Å². The number of nitrogens with zero attached hydrogens (tertiary/aromatic N) is 3. The number of rotatable bonds is 6. The molecule has 1 fully saturated rings. The standard InChI is InChI=1S/C14H28N4O2/c1-3-6-17(7-4-2)13(19)14(20)18-11-9-16(8-5-15)10-12-18/h3-12,15H2,1-2H3. The molecule has 0 atom stereocenters. The van der Waals surface area contributed by atoms with Crippen LogP contribution in [0.5, 0.6) is 0 Å². The number of piperazine rings is 1. The van der Waals surface area contributed by atoms with E-state index in [1.807, 2.05) is 13.8 Å². The van der Waals surface area contributed by atoms with Crippen LogP contribution < -0.4 is 5.73 Å². The Bertz CT molecular complexity index is 308. The lowest BCUT2D eigenvalue weighted by Gasteiger charge is -2.35. The van der Waals surface area contributed by atoms with Crippen molar-refractivity contribution in [2.45, 2.75) is 26.7 Å². The average Bonchev–Trinajstić information content (AvgIpc) is 2.47. The normalized spacial score (nSPS) is 16.2. The summed E-state index contributed by atoms with van der Waals surface area (Å²) in [7, 11) is 0. The summed E-state index contributed by atoms with van der Waals surface area (Å²) in [6.45, 7) is 9.69. The lowest BCUT2D eigenvalue weighted by molar-refractivity contribution is -0.152. The van der Waals surface area contributed by atoms with E-state index in [0.29, 0.717) is 32.7 Å². The van der Waals surface area contributed by atoms with Gasteiger partial charge in [-0.05, 0) is 12.8 Å². The van der Waals surface area contributed by atoms with Gasteiger partial charge in [-0.25, -0.2) is 0 Å². The summed E-state index contributed by atoms with van der Waals surface area (Å²) in [5.41, 5.74) is 5.53. The van der Waals surface area contributed by atoms with E-state index in [0.717, 1.165) is 32.5 Å². The summed E-state index contributed by atoms with van der Waals surface area (Å²) < 4.78 is 0. The molecule has 0 aromatic rings. The quantitative estimate of drug-likeness (QED) is 0.682. The molecule has 0 unspecified atom stereocenters. The molecule has 0 aliphatic carbocycles. The van der Waals surface area contributed by atoms with Gasteiger partial charge in [-0.1, -0.05) is 13.8 Å². The lowest BCUT2D eigenvalue weighted by atomic mass is 10.2. The van der Waals surface area contributed by atoms with Gasteiger partial charge in [0.2, 0.25) is 0 Å². The highest BCUT2D eigenvalue weighted by Crippen LogP contribution is 2.05. The molecule has 0 spiro atoms. The summed E-state index contributed by atoms with van der Waals surface area (Å²) in [6, 6.07) is 0. The van der Waals surface area contributed by atoms with E-state index in [1.165, 1.54) is 0 Å². The van der Waals surface area contributed by atoms with E-state index >= 15 is 0 Å². The van der Waals surface area contributed by atoms with Crippen LogP contribution in [0.25, 0.3) is 0 Å². The predicted octanol–water partition coefficient (Wildman–Crippen LogP) is -0.262. The second-order valence-electron chi connectivity index (χ2n) is 5.21. The van der Waals surface area contributed by atoms with Crippen LogP contribution in [-0.4, -0.2) is 78.9 Å². The zero-order valence-corrected chi connectivity index (χ0v) is 12.8. The predicted molar refractivity (Wildman–Crippen MR) is 79.2 cm³/mol. The number of hydrogen-bond acceptors (Lipinski definition) is 4. The molecule has 2 amide bonds. The van der Waals surface area contributed by atoms with Gasteiger partial charge < -0.3 is 15.5 Å². The summed E-state index contributed by atoms with van der Waals surface area (Å²) in [6.07, 6.45) is 1.76. The van der Waals surface area contributed by atoms with Crippen LogP contribution in [0, 0.1) is 0 Å². The maximum absolute atomic E-state index is 12.2. The van der Waals surface area contributed by atoms with Gasteiger partial charge in [-0.2, -0.15) is 0 Å². The molecule has 1 heterocycles. The van der Waals surface area contributed by atoms with Gasteiger partial charge in [-0.15, -0.1) is 0 Å². The van der Waals surface area contributed by atoms with Crippen molar-refractivity contribution < 1.29 is 9.59 Å². The van der Waals surface area contributed by atoms with Crippen LogP contribution >= 0.6 is 0 Å². The Labute approximate surface area is 121 Å². The Morgan fingerprint density at radius 1 is 1.05 bits per heavy atom. The molecule has 1 aliphatic rings. The highest BCUT2D eigenvalue weighted by molar-refractivity contribution is 6.34. The minimum absolute atomic E-state index is 0.346. The fourth-order valence-electron chi connectivity index (χ4n) is 2.48. The summed E-state index contributed by atoms with van der Waals surface area (Å²) in [5, 5.41) is 0. The second-order valence-corrected chi connectivity index (χ2v) is 5.21. The van der Waals surface area contributed by atoms with Crippen molar-refractivity contribution in [2.24, 2.45) is 5.73 Å². The first-order valence-corrected chi connectivity index (χ1v) is 7.64. The van der Waals surface area contributed by atoms with Crippen LogP contribution in [0.4, 0.5) is 0 Å². The van der Waals surface area contributed by atoms with E-state index in [4.69, 9.17) is 5.73 Å². The Morgan fingerprint density at radius 3 is 2.05 bits per heavy atom. The van der Waals surface area contributed by atoms with Gasteiger partial charge in [0, 0.05) is 52.4 Å². The van der Waals surface area contributed by atoms with Crippen LogP contribution in [0.1, 0.15) is 26.7 Å². The average molecular weight is 284 g/mol. The molecule has 0 bridgehead atoms. The first-order valence-electron chi connectivity index (χ1n) is 7.64. The van der Waals surface area contributed by atoms with Crippen LogP contribution in [-0.2, 0) is 9.59 Å². The molecular weight excluding hydrogens is 256 g/mol. The van der Waals surface area contributed by atoms with Crippen LogP contribution in [0.15, 0.2) is 0 Å². The molecule has 0 aromatic heterocycles. The van der Waals surface area contributed by atoms with E-state index in [2.05, 4.69) is 4.90 Å². The fourth-order valence-corrected chi connectivity index (χ4v) is 2.48. The van der Waals surface area contributed by atoms with Gasteiger partial charge in [0.05, 0.1) is 0 Å². The zero-order valence-electron chi connectivity index (χ0n) is 12.8. The molecule has 1 rings (SSSR count). The van der Waals surface area contributed by atoms with Gasteiger partial charge >= 0.3 is 11.8 Å². The highest BCUT2D eigenvalue weighted by Gasteiger charge is 2.28. The fraction of sp³-hybridized carbons (Fsp3) is 0.857. The maximum atomic E-state index is 12.2. The molecule has 6 heteroatoms. The van der Waals surface area contributed by atoms with Gasteiger partial charge in [0.25, 0.3) is 0 Å². The van der Waals surface area contributed by atoms with E-state index in [-0.39, 0.29) is 11.8 Å². The molecule has 6 nitrogen and oxygen atoms in total. The number of carbonyl (C=O) groups excluding carboxylic acids is 2. The molecule has 0 aromatic carbocycles. The number of nitrogens with two attached hydrogens (primary N) is 1. The van der Waals surface area contributed by atoms with Gasteiger partial charge in [0.15, 0.2) is 0 Å². The number of hydrogen-bond donors (Lipinski definition) is 1. The van der Waals surface area contributed by atoms with E-state index < -0.39 is 0 Å². The number of carbonyl (C=O) groups is 2. The van der Waals surface area contributed by atoms with Crippen LogP contribution in [0.3, 0.4) is 0 Å². The molecule has 20 heavy (non-hydrogen) atoms. The summed E-state index contributed by atoms with van der Waals surface area (Å²) in [4.78, 5) is 30.1. The smallest absolute Gasteiger partial charge is 0.312 e. The maximum Gasteiger partial charge on any atom is 0.312 e. The molecule has 0 saturated carbocycles. The number of amides is 2. The first kappa shape index (κ1) is 16.9. The second kappa shape index (κ2) is 8.92. The Hall–Kier alpha value is -1.14. The molecule has 116 valence electrons. The molecular formula is C14H28N4O2. The van der Waals surface area contributed by atoms with Crippen molar-refractivity contribution in [1.29, 1.82) is 0 Å². The molecule has 0 radical (unpaired) electrons. The van der Waals surface area contributed by atoms with E-state index in [9.17, 15) is 9.59 Å². The first-order chi connectivity index (χ1) is 9.63. The van der Waals surface area contributed by atoms with Gasteiger partial charge in [-0.3, -0.25) is 14.5 Å². The van der Waals surface area contributed by atoms with Crippen LogP contribution in [0.2, 0.25) is 0 Å². The zero-order chi connectivity index (χ0) is 15.0. The van der Waals surface area contributed by atoms with Crippen molar-refractivity contribution in [3.63, 3.8) is 0 Å². The van der Waals surface area contributed by atoms with Crippen molar-refractivity contribution >= 4 is 11.8 Å². The largest absolute Gasteiger partial charge is 0.334 e. The minimum Gasteiger partial charge on any atom is -0.334 e. The Kier molecular flexibility index (Phi) is 7.54. The van der Waals surface area contributed by atoms with E-state index in [1.54, 1.807) is 9.80 Å². The minimum atomic E-state index is -0.348. The van der Waals surface area contributed by atoms with Crippen molar-refractivity contribution in [3.8, 4) is 0 Å². The SMILES string of the molecule is CCCN(CCC)C(=O)C(=O)N1CCN(CCN)CC1.